The lowest BCUT2D eigenvalue weighted by Crippen LogP contribution is -2.37. The second kappa shape index (κ2) is 4.99. The first-order valence-electron chi connectivity index (χ1n) is 5.45. The van der Waals surface area contributed by atoms with Crippen molar-refractivity contribution in [1.29, 1.82) is 0 Å². The van der Waals surface area contributed by atoms with E-state index < -0.39 is 0 Å². The number of carbonyl (C=O) groups excluding carboxylic acids is 1. The van der Waals surface area contributed by atoms with Crippen molar-refractivity contribution in [1.82, 2.24) is 5.32 Å². The van der Waals surface area contributed by atoms with E-state index in [2.05, 4.69) is 5.32 Å². The molecule has 0 aromatic heterocycles. The van der Waals surface area contributed by atoms with Crippen molar-refractivity contribution < 1.29 is 9.53 Å². The number of nitrogen functional groups attached to an aromatic ring is 1. The van der Waals surface area contributed by atoms with Crippen molar-refractivity contribution in [3.05, 3.63) is 29.8 Å². The van der Waals surface area contributed by atoms with Crippen LogP contribution in [0.5, 0.6) is 0 Å². The first-order valence-corrected chi connectivity index (χ1v) is 5.45. The average molecular weight is 220 g/mol. The topological polar surface area (TPSA) is 64.3 Å². The van der Waals surface area contributed by atoms with Gasteiger partial charge >= 0.3 is 0 Å². The van der Waals surface area contributed by atoms with E-state index in [4.69, 9.17) is 10.5 Å². The number of nitrogens with one attached hydrogen (secondary N) is 1. The van der Waals surface area contributed by atoms with Crippen LogP contribution in [0.15, 0.2) is 24.3 Å². The van der Waals surface area contributed by atoms with Crippen LogP contribution in [-0.4, -0.2) is 25.2 Å². The summed E-state index contributed by atoms with van der Waals surface area (Å²) in [7, 11) is 0. The normalized spacial score (nSPS) is 21.2. The molecular formula is C12H16N2O2. The number of amides is 1. The number of rotatable bonds is 2. The van der Waals surface area contributed by atoms with Crippen LogP contribution in [0.4, 0.5) is 5.69 Å². The molecule has 1 heterocycles. The third kappa shape index (κ3) is 2.97. The largest absolute Gasteiger partial charge is 0.399 e. The molecule has 1 atom stereocenters. The predicted molar refractivity (Wildman–Crippen MR) is 61.9 cm³/mol. The molecule has 1 aliphatic rings. The van der Waals surface area contributed by atoms with Crippen LogP contribution < -0.4 is 11.1 Å². The molecule has 1 amide bonds. The molecule has 4 heteroatoms. The number of carbonyl (C=O) groups is 1. The Morgan fingerprint density at radius 3 is 3.19 bits per heavy atom. The minimum absolute atomic E-state index is 0.0526. The molecule has 0 bridgehead atoms. The number of hydrogen-bond acceptors (Lipinski definition) is 3. The number of benzene rings is 1. The minimum atomic E-state index is 0.0526. The maximum Gasteiger partial charge on any atom is 0.222 e. The number of nitrogens with two attached hydrogens (primary N) is 1. The lowest BCUT2D eigenvalue weighted by Gasteiger charge is -2.15. The van der Waals surface area contributed by atoms with Gasteiger partial charge < -0.3 is 15.8 Å². The maximum absolute atomic E-state index is 11.3. The molecular weight excluding hydrogens is 204 g/mol. The summed E-state index contributed by atoms with van der Waals surface area (Å²) in [6, 6.07) is 7.76. The maximum atomic E-state index is 11.3. The molecule has 1 aromatic carbocycles. The summed E-state index contributed by atoms with van der Waals surface area (Å²) in [6.07, 6.45) is 1.21. The van der Waals surface area contributed by atoms with Gasteiger partial charge in [0.15, 0.2) is 0 Å². The van der Waals surface area contributed by atoms with E-state index in [0.29, 0.717) is 19.6 Å². The van der Waals surface area contributed by atoms with Crippen molar-refractivity contribution in [2.75, 3.05) is 18.9 Å². The molecule has 0 radical (unpaired) electrons. The highest BCUT2D eigenvalue weighted by Gasteiger charge is 2.16. The summed E-state index contributed by atoms with van der Waals surface area (Å²) in [5.74, 6) is 0.0615. The van der Waals surface area contributed by atoms with E-state index in [1.165, 1.54) is 0 Å². The Balaban J connectivity index is 2.00. The molecule has 86 valence electrons. The van der Waals surface area contributed by atoms with Gasteiger partial charge in [-0.05, 0) is 24.1 Å². The van der Waals surface area contributed by atoms with E-state index in [-0.39, 0.29) is 11.9 Å². The Morgan fingerprint density at radius 2 is 2.38 bits per heavy atom. The molecule has 1 unspecified atom stereocenters. The van der Waals surface area contributed by atoms with Gasteiger partial charge in [-0.25, -0.2) is 0 Å². The van der Waals surface area contributed by atoms with Crippen molar-refractivity contribution >= 4 is 11.6 Å². The lowest BCUT2D eigenvalue weighted by molar-refractivity contribution is -0.121. The second-order valence-corrected chi connectivity index (χ2v) is 4.04. The van der Waals surface area contributed by atoms with Gasteiger partial charge in [0.25, 0.3) is 0 Å². The zero-order chi connectivity index (χ0) is 11.4. The first kappa shape index (κ1) is 11.0. The zero-order valence-electron chi connectivity index (χ0n) is 9.11. The van der Waals surface area contributed by atoms with E-state index in [9.17, 15) is 4.79 Å². The highest BCUT2D eigenvalue weighted by molar-refractivity contribution is 5.76. The summed E-state index contributed by atoms with van der Waals surface area (Å²) in [6.45, 7) is 1.08. The Bertz CT molecular complexity index is 379. The van der Waals surface area contributed by atoms with Gasteiger partial charge in [0.05, 0.1) is 19.3 Å². The second-order valence-electron chi connectivity index (χ2n) is 4.04. The molecule has 0 saturated carbocycles. The molecule has 16 heavy (non-hydrogen) atoms. The van der Waals surface area contributed by atoms with Crippen LogP contribution in [0.2, 0.25) is 0 Å². The number of anilines is 1. The summed E-state index contributed by atoms with van der Waals surface area (Å²) in [4.78, 5) is 11.3. The van der Waals surface area contributed by atoms with Crippen molar-refractivity contribution in [2.24, 2.45) is 0 Å². The van der Waals surface area contributed by atoms with E-state index >= 15 is 0 Å². The van der Waals surface area contributed by atoms with Crippen molar-refractivity contribution in [2.45, 2.75) is 18.9 Å². The summed E-state index contributed by atoms with van der Waals surface area (Å²) in [5, 5.41) is 2.94. The van der Waals surface area contributed by atoms with Crippen LogP contribution in [0, 0.1) is 0 Å². The van der Waals surface area contributed by atoms with Gasteiger partial charge in [0.2, 0.25) is 5.91 Å². The SMILES string of the molecule is Nc1cccc(CC2COCCC(=O)N2)c1. The monoisotopic (exact) mass is 220 g/mol. The highest BCUT2D eigenvalue weighted by atomic mass is 16.5. The third-order valence-electron chi connectivity index (χ3n) is 2.59. The van der Waals surface area contributed by atoms with Gasteiger partial charge in [0, 0.05) is 12.1 Å². The first-order chi connectivity index (χ1) is 7.74. The van der Waals surface area contributed by atoms with Gasteiger partial charge in [-0.15, -0.1) is 0 Å². The molecule has 1 saturated heterocycles. The molecule has 0 spiro atoms. The standard InChI is InChI=1S/C12H16N2O2/c13-10-3-1-2-9(6-10)7-11-8-16-5-4-12(15)14-11/h1-3,6,11H,4-5,7-8,13H2,(H,14,15). The molecule has 1 fully saturated rings. The average Bonchev–Trinajstić information content (AvgIpc) is 2.43. The van der Waals surface area contributed by atoms with E-state index in [0.717, 1.165) is 17.7 Å². The van der Waals surface area contributed by atoms with Gasteiger partial charge in [-0.3, -0.25) is 4.79 Å². The molecule has 2 rings (SSSR count). The Labute approximate surface area is 94.8 Å². The lowest BCUT2D eigenvalue weighted by atomic mass is 10.1. The zero-order valence-corrected chi connectivity index (χ0v) is 9.11. The Hall–Kier alpha value is -1.55. The number of hydrogen-bond donors (Lipinski definition) is 2. The highest BCUT2D eigenvalue weighted by Crippen LogP contribution is 2.10. The van der Waals surface area contributed by atoms with Crippen LogP contribution >= 0.6 is 0 Å². The van der Waals surface area contributed by atoms with Crippen molar-refractivity contribution in [3.63, 3.8) is 0 Å². The fourth-order valence-corrected chi connectivity index (χ4v) is 1.85. The summed E-state index contributed by atoms with van der Waals surface area (Å²) >= 11 is 0. The van der Waals surface area contributed by atoms with Gasteiger partial charge in [-0.1, -0.05) is 12.1 Å². The smallest absolute Gasteiger partial charge is 0.222 e. The van der Waals surface area contributed by atoms with Crippen LogP contribution in [0.25, 0.3) is 0 Å². The molecule has 1 aromatic rings. The van der Waals surface area contributed by atoms with Gasteiger partial charge in [-0.2, -0.15) is 0 Å². The van der Waals surface area contributed by atoms with Crippen LogP contribution in [-0.2, 0) is 16.0 Å². The minimum Gasteiger partial charge on any atom is -0.399 e. The predicted octanol–water partition coefficient (Wildman–Crippen LogP) is 0.716. The van der Waals surface area contributed by atoms with Crippen molar-refractivity contribution in [3.8, 4) is 0 Å². The number of ether oxygens (including phenoxy) is 1. The molecule has 0 aliphatic carbocycles. The molecule has 3 N–H and O–H groups in total. The quantitative estimate of drug-likeness (QED) is 0.722. The Kier molecular flexibility index (Phi) is 3.41. The molecule has 1 aliphatic heterocycles. The third-order valence-corrected chi connectivity index (χ3v) is 2.59. The van der Waals surface area contributed by atoms with Crippen LogP contribution in [0.3, 0.4) is 0 Å². The molecule has 4 nitrogen and oxygen atoms in total. The van der Waals surface area contributed by atoms with E-state index in [1.807, 2.05) is 24.3 Å². The fourth-order valence-electron chi connectivity index (χ4n) is 1.85. The fraction of sp³-hybridized carbons (Fsp3) is 0.417. The van der Waals surface area contributed by atoms with Gasteiger partial charge in [0.1, 0.15) is 0 Å². The summed E-state index contributed by atoms with van der Waals surface area (Å²) < 4.78 is 5.37. The van der Waals surface area contributed by atoms with Crippen LogP contribution in [0.1, 0.15) is 12.0 Å². The Morgan fingerprint density at radius 1 is 1.50 bits per heavy atom. The summed E-state index contributed by atoms with van der Waals surface area (Å²) in [5.41, 5.74) is 7.57. The van der Waals surface area contributed by atoms with E-state index in [1.54, 1.807) is 0 Å².